The zero-order chi connectivity index (χ0) is 14.3. The van der Waals surface area contributed by atoms with Crippen LogP contribution in [0.15, 0.2) is 11.6 Å². The van der Waals surface area contributed by atoms with E-state index in [0.29, 0.717) is 6.42 Å². The van der Waals surface area contributed by atoms with Gasteiger partial charge in [0.25, 0.3) is 0 Å². The summed E-state index contributed by atoms with van der Waals surface area (Å²) in [5.74, 6) is -2.39. The predicted molar refractivity (Wildman–Crippen MR) is 63.2 cm³/mol. The van der Waals surface area contributed by atoms with Gasteiger partial charge in [-0.2, -0.15) is 4.89 Å². The summed E-state index contributed by atoms with van der Waals surface area (Å²) in [6, 6.07) is 0. The number of carbonyl (C=O) groups excluding carboxylic acids is 1. The first-order chi connectivity index (χ1) is 8.19. The lowest BCUT2D eigenvalue weighted by Crippen LogP contribution is -2.25. The standard InChI is InChI=1S/C12H20O6/c1-6-12(4,5)17-18-16-11(15)9(8(2)3)7-10(13)14/h7-8H,6H2,1-5H3,(H,13,14). The van der Waals surface area contributed by atoms with Crippen LogP contribution in [0.25, 0.3) is 0 Å². The average molecular weight is 260 g/mol. The number of aliphatic carboxylic acids is 1. The van der Waals surface area contributed by atoms with Crippen molar-refractivity contribution in [2.45, 2.75) is 46.6 Å². The molecule has 0 aromatic heterocycles. The fourth-order valence-electron chi connectivity index (χ4n) is 0.841. The molecule has 6 heteroatoms. The lowest BCUT2D eigenvalue weighted by Gasteiger charge is -2.19. The summed E-state index contributed by atoms with van der Waals surface area (Å²) in [5, 5.41) is 13.0. The molecule has 0 aliphatic rings. The molecular formula is C12H20O6. The van der Waals surface area contributed by atoms with Gasteiger partial charge in [-0.25, -0.2) is 9.59 Å². The number of carbonyl (C=O) groups is 2. The van der Waals surface area contributed by atoms with Crippen molar-refractivity contribution in [3.05, 3.63) is 11.6 Å². The summed E-state index contributed by atoms with van der Waals surface area (Å²) in [5.41, 5.74) is -0.588. The van der Waals surface area contributed by atoms with Crippen molar-refractivity contribution in [1.29, 1.82) is 0 Å². The van der Waals surface area contributed by atoms with Crippen molar-refractivity contribution in [3.8, 4) is 0 Å². The molecule has 18 heavy (non-hydrogen) atoms. The summed E-state index contributed by atoms with van der Waals surface area (Å²) >= 11 is 0. The number of rotatable bonds is 7. The van der Waals surface area contributed by atoms with Gasteiger partial charge in [-0.15, -0.1) is 0 Å². The molecule has 0 spiro atoms. The van der Waals surface area contributed by atoms with Crippen LogP contribution in [-0.2, 0) is 24.4 Å². The van der Waals surface area contributed by atoms with Crippen LogP contribution < -0.4 is 0 Å². The van der Waals surface area contributed by atoms with Gasteiger partial charge in [0.05, 0.1) is 5.57 Å². The quantitative estimate of drug-likeness (QED) is 0.429. The zero-order valence-corrected chi connectivity index (χ0v) is 11.4. The fourth-order valence-corrected chi connectivity index (χ4v) is 0.841. The van der Waals surface area contributed by atoms with Crippen molar-refractivity contribution in [2.24, 2.45) is 5.92 Å². The van der Waals surface area contributed by atoms with Gasteiger partial charge in [-0.3, -0.25) is 4.89 Å². The molecule has 0 bridgehead atoms. The van der Waals surface area contributed by atoms with E-state index in [0.717, 1.165) is 6.08 Å². The number of carboxylic acid groups (broad SMARTS) is 1. The fraction of sp³-hybridized carbons (Fsp3) is 0.667. The van der Waals surface area contributed by atoms with E-state index in [1.165, 1.54) is 0 Å². The summed E-state index contributed by atoms with van der Waals surface area (Å²) in [4.78, 5) is 31.4. The van der Waals surface area contributed by atoms with Crippen molar-refractivity contribution in [3.63, 3.8) is 0 Å². The minimum Gasteiger partial charge on any atom is -0.478 e. The summed E-state index contributed by atoms with van der Waals surface area (Å²) in [6.07, 6.45) is 1.45. The number of hydrogen-bond acceptors (Lipinski definition) is 5. The monoisotopic (exact) mass is 260 g/mol. The highest BCUT2D eigenvalue weighted by Crippen LogP contribution is 2.16. The molecule has 0 amide bonds. The molecular weight excluding hydrogens is 240 g/mol. The first kappa shape index (κ1) is 16.6. The van der Waals surface area contributed by atoms with Gasteiger partial charge in [-0.05, 0) is 31.2 Å². The second kappa shape index (κ2) is 7.13. The summed E-state index contributed by atoms with van der Waals surface area (Å²) in [6.45, 7) is 8.75. The SMILES string of the molecule is CCC(C)(C)OOOC(=O)C(=CC(=O)O)C(C)C. The third-order valence-electron chi connectivity index (χ3n) is 2.36. The van der Waals surface area contributed by atoms with Crippen molar-refractivity contribution >= 4 is 11.9 Å². The lowest BCUT2D eigenvalue weighted by molar-refractivity contribution is -0.515. The molecule has 0 aromatic rings. The maximum atomic E-state index is 11.5. The van der Waals surface area contributed by atoms with Crippen LogP contribution in [-0.4, -0.2) is 22.6 Å². The molecule has 0 unspecified atom stereocenters. The molecule has 0 radical (unpaired) electrons. The maximum absolute atomic E-state index is 11.5. The predicted octanol–water partition coefficient (Wildman–Crippen LogP) is 2.25. The molecule has 0 aliphatic heterocycles. The Hall–Kier alpha value is -1.40. The Morgan fingerprint density at radius 3 is 2.28 bits per heavy atom. The zero-order valence-electron chi connectivity index (χ0n) is 11.4. The minimum absolute atomic E-state index is 0.000375. The van der Waals surface area contributed by atoms with E-state index in [1.807, 2.05) is 6.92 Å². The summed E-state index contributed by atoms with van der Waals surface area (Å²) in [7, 11) is 0. The van der Waals surface area contributed by atoms with Gasteiger partial charge in [-0.1, -0.05) is 20.8 Å². The minimum atomic E-state index is -1.22. The van der Waals surface area contributed by atoms with E-state index < -0.39 is 17.5 Å². The Morgan fingerprint density at radius 1 is 1.33 bits per heavy atom. The van der Waals surface area contributed by atoms with Gasteiger partial charge in [0.15, 0.2) is 0 Å². The van der Waals surface area contributed by atoms with E-state index in [9.17, 15) is 9.59 Å². The van der Waals surface area contributed by atoms with Crippen LogP contribution in [0, 0.1) is 5.92 Å². The van der Waals surface area contributed by atoms with Crippen molar-refractivity contribution in [2.75, 3.05) is 0 Å². The molecule has 104 valence electrons. The van der Waals surface area contributed by atoms with E-state index in [-0.39, 0.29) is 11.5 Å². The highest BCUT2D eigenvalue weighted by molar-refractivity contribution is 5.95. The Labute approximate surface area is 106 Å². The first-order valence-corrected chi connectivity index (χ1v) is 5.70. The third-order valence-corrected chi connectivity index (χ3v) is 2.36. The van der Waals surface area contributed by atoms with Gasteiger partial charge in [0.1, 0.15) is 5.60 Å². The smallest absolute Gasteiger partial charge is 0.372 e. The Kier molecular flexibility index (Phi) is 6.57. The van der Waals surface area contributed by atoms with Crippen LogP contribution in [0.4, 0.5) is 0 Å². The highest BCUT2D eigenvalue weighted by atomic mass is 17.5. The Balaban J connectivity index is 4.43. The maximum Gasteiger partial charge on any atom is 0.372 e. The second-order valence-electron chi connectivity index (χ2n) is 4.73. The van der Waals surface area contributed by atoms with Gasteiger partial charge >= 0.3 is 11.9 Å². The molecule has 0 saturated heterocycles. The largest absolute Gasteiger partial charge is 0.478 e. The number of carboxylic acids is 1. The molecule has 0 heterocycles. The molecule has 0 fully saturated rings. The Bertz CT molecular complexity index is 329. The van der Waals surface area contributed by atoms with Gasteiger partial charge in [0.2, 0.25) is 0 Å². The average Bonchev–Trinajstić information content (AvgIpc) is 2.24. The summed E-state index contributed by atoms with van der Waals surface area (Å²) < 4.78 is 0. The topological polar surface area (TPSA) is 82.1 Å². The molecule has 0 rings (SSSR count). The number of hydrogen-bond donors (Lipinski definition) is 1. The van der Waals surface area contributed by atoms with Crippen molar-refractivity contribution < 1.29 is 29.5 Å². The van der Waals surface area contributed by atoms with Crippen LogP contribution >= 0.6 is 0 Å². The Morgan fingerprint density at radius 2 is 1.89 bits per heavy atom. The molecule has 0 atom stereocenters. The third kappa shape index (κ3) is 6.36. The van der Waals surface area contributed by atoms with Gasteiger partial charge in [0, 0.05) is 6.08 Å². The van der Waals surface area contributed by atoms with Crippen LogP contribution in [0.5, 0.6) is 0 Å². The lowest BCUT2D eigenvalue weighted by atomic mass is 10.0. The normalized spacial score (nSPS) is 12.7. The molecule has 1 N–H and O–H groups in total. The van der Waals surface area contributed by atoms with E-state index >= 15 is 0 Å². The molecule has 0 aromatic carbocycles. The molecule has 0 aliphatic carbocycles. The van der Waals surface area contributed by atoms with E-state index in [2.05, 4.69) is 9.93 Å². The molecule has 0 saturated carbocycles. The van der Waals surface area contributed by atoms with E-state index in [1.54, 1.807) is 27.7 Å². The highest BCUT2D eigenvalue weighted by Gasteiger charge is 2.21. The van der Waals surface area contributed by atoms with E-state index in [4.69, 9.17) is 9.99 Å². The van der Waals surface area contributed by atoms with Crippen LogP contribution in [0.2, 0.25) is 0 Å². The van der Waals surface area contributed by atoms with Gasteiger partial charge < -0.3 is 5.11 Å². The van der Waals surface area contributed by atoms with Crippen LogP contribution in [0.1, 0.15) is 41.0 Å². The van der Waals surface area contributed by atoms with Crippen LogP contribution in [0.3, 0.4) is 0 Å². The molecule has 6 nitrogen and oxygen atoms in total. The first-order valence-electron chi connectivity index (χ1n) is 5.70. The van der Waals surface area contributed by atoms with Crippen molar-refractivity contribution in [1.82, 2.24) is 0 Å². The second-order valence-corrected chi connectivity index (χ2v) is 4.73.